The molecule has 1 aromatic rings. The molecule has 1 unspecified atom stereocenters. The Bertz CT molecular complexity index is 409. The second-order valence-electron chi connectivity index (χ2n) is 4.86. The molecule has 2 aliphatic rings. The Kier molecular flexibility index (Phi) is 3.08. The Balaban J connectivity index is 1.92. The topological polar surface area (TPSA) is 53.3 Å². The number of rotatable bonds is 1. The van der Waals surface area contributed by atoms with Crippen molar-refractivity contribution in [1.82, 2.24) is 15.5 Å². The number of nitrogen functional groups attached to an aromatic ring is 1. The minimum Gasteiger partial charge on any atom is -0.390 e. The van der Waals surface area contributed by atoms with Gasteiger partial charge in [-0.1, -0.05) is 0 Å². The van der Waals surface area contributed by atoms with Gasteiger partial charge in [-0.25, -0.2) is 0 Å². The summed E-state index contributed by atoms with van der Waals surface area (Å²) >= 11 is 1.76. The zero-order valence-corrected chi connectivity index (χ0v) is 11.1. The molecule has 3 rings (SSSR count). The summed E-state index contributed by atoms with van der Waals surface area (Å²) in [5.41, 5.74) is 8.89. The maximum Gasteiger partial charge on any atom is 0.0892 e. The van der Waals surface area contributed by atoms with Crippen molar-refractivity contribution in [2.75, 3.05) is 38.5 Å². The molecule has 0 spiro atoms. The molecular formula is C12H20N4S. The van der Waals surface area contributed by atoms with E-state index in [2.05, 4.69) is 22.5 Å². The van der Waals surface area contributed by atoms with Crippen LogP contribution in [0.2, 0.25) is 0 Å². The van der Waals surface area contributed by atoms with Crippen LogP contribution in [-0.4, -0.2) is 37.6 Å². The van der Waals surface area contributed by atoms with Gasteiger partial charge in [-0.15, -0.1) is 11.3 Å². The molecule has 0 bridgehead atoms. The molecule has 1 atom stereocenters. The van der Waals surface area contributed by atoms with Gasteiger partial charge in [-0.3, -0.25) is 4.90 Å². The molecule has 3 heterocycles. The van der Waals surface area contributed by atoms with E-state index in [1.807, 2.05) is 0 Å². The van der Waals surface area contributed by atoms with Crippen molar-refractivity contribution in [3.63, 3.8) is 0 Å². The summed E-state index contributed by atoms with van der Waals surface area (Å²) in [5, 5.41) is 7.93. The molecule has 17 heavy (non-hydrogen) atoms. The van der Waals surface area contributed by atoms with Crippen LogP contribution < -0.4 is 16.4 Å². The van der Waals surface area contributed by atoms with Crippen LogP contribution in [0.4, 0.5) is 5.00 Å². The van der Waals surface area contributed by atoms with E-state index in [0.717, 1.165) is 44.3 Å². The molecule has 0 radical (unpaired) electrons. The van der Waals surface area contributed by atoms with Gasteiger partial charge in [0.15, 0.2) is 0 Å². The lowest BCUT2D eigenvalue weighted by Gasteiger charge is -2.37. The molecule has 0 aromatic carbocycles. The first-order valence-electron chi connectivity index (χ1n) is 6.30. The minimum absolute atomic E-state index is 0.523. The molecule has 94 valence electrons. The monoisotopic (exact) mass is 252 g/mol. The summed E-state index contributed by atoms with van der Waals surface area (Å²) in [7, 11) is 0. The molecule has 0 amide bonds. The van der Waals surface area contributed by atoms with Crippen LogP contribution in [0.3, 0.4) is 0 Å². The summed E-state index contributed by atoms with van der Waals surface area (Å²) in [6, 6.07) is 0.523. The van der Waals surface area contributed by atoms with Gasteiger partial charge in [-0.05, 0) is 18.1 Å². The molecule has 1 fully saturated rings. The van der Waals surface area contributed by atoms with Crippen LogP contribution in [0.1, 0.15) is 22.0 Å². The van der Waals surface area contributed by atoms with Gasteiger partial charge in [0.2, 0.25) is 0 Å². The number of anilines is 1. The Hall–Kier alpha value is -0.620. The fourth-order valence-electron chi connectivity index (χ4n) is 2.90. The van der Waals surface area contributed by atoms with Gasteiger partial charge in [0.05, 0.1) is 5.00 Å². The lowest BCUT2D eigenvalue weighted by Crippen LogP contribution is -2.48. The summed E-state index contributed by atoms with van der Waals surface area (Å²) in [6.45, 7) is 8.70. The van der Waals surface area contributed by atoms with E-state index in [4.69, 9.17) is 5.73 Å². The maximum atomic E-state index is 6.07. The summed E-state index contributed by atoms with van der Waals surface area (Å²) in [6.07, 6.45) is 0. The van der Waals surface area contributed by atoms with Crippen LogP contribution in [0.25, 0.3) is 0 Å². The van der Waals surface area contributed by atoms with E-state index in [9.17, 15) is 0 Å². The Morgan fingerprint density at radius 2 is 2.06 bits per heavy atom. The summed E-state index contributed by atoms with van der Waals surface area (Å²) in [4.78, 5) is 4.02. The number of nitrogens with one attached hydrogen (secondary N) is 2. The average molecular weight is 252 g/mol. The van der Waals surface area contributed by atoms with E-state index in [1.54, 1.807) is 11.3 Å². The first kappa shape index (κ1) is 11.5. The van der Waals surface area contributed by atoms with E-state index < -0.39 is 0 Å². The number of nitrogens with zero attached hydrogens (tertiary/aromatic N) is 1. The van der Waals surface area contributed by atoms with Crippen molar-refractivity contribution >= 4 is 16.3 Å². The van der Waals surface area contributed by atoms with Crippen LogP contribution in [0.15, 0.2) is 0 Å². The Morgan fingerprint density at radius 3 is 2.82 bits per heavy atom. The van der Waals surface area contributed by atoms with Gasteiger partial charge < -0.3 is 16.4 Å². The lowest BCUT2D eigenvalue weighted by molar-refractivity contribution is 0.164. The van der Waals surface area contributed by atoms with Gasteiger partial charge in [0.1, 0.15) is 0 Å². The summed E-state index contributed by atoms with van der Waals surface area (Å²) < 4.78 is 0. The number of hydrogen-bond donors (Lipinski definition) is 3. The van der Waals surface area contributed by atoms with Crippen molar-refractivity contribution in [3.8, 4) is 0 Å². The highest BCUT2D eigenvalue weighted by atomic mass is 32.1. The van der Waals surface area contributed by atoms with Crippen molar-refractivity contribution in [1.29, 1.82) is 0 Å². The molecular weight excluding hydrogens is 232 g/mol. The quantitative estimate of drug-likeness (QED) is 0.688. The fourth-order valence-corrected chi connectivity index (χ4v) is 4.00. The molecule has 2 aliphatic heterocycles. The molecule has 0 aliphatic carbocycles. The summed E-state index contributed by atoms with van der Waals surface area (Å²) in [5.74, 6) is 0. The number of hydrogen-bond acceptors (Lipinski definition) is 5. The zero-order chi connectivity index (χ0) is 11.8. The van der Waals surface area contributed by atoms with Crippen molar-refractivity contribution < 1.29 is 0 Å². The first-order valence-corrected chi connectivity index (χ1v) is 7.12. The first-order chi connectivity index (χ1) is 8.27. The molecule has 4 nitrogen and oxygen atoms in total. The van der Waals surface area contributed by atoms with Gasteiger partial charge in [-0.2, -0.15) is 0 Å². The number of thiophene rings is 1. The van der Waals surface area contributed by atoms with Gasteiger partial charge >= 0.3 is 0 Å². The van der Waals surface area contributed by atoms with Gasteiger partial charge in [0, 0.05) is 50.2 Å². The third kappa shape index (κ3) is 1.97. The van der Waals surface area contributed by atoms with E-state index in [-0.39, 0.29) is 0 Å². The normalized spacial score (nSPS) is 25.8. The highest BCUT2D eigenvalue weighted by Crippen LogP contribution is 2.38. The molecule has 1 saturated heterocycles. The number of piperazine rings is 1. The Morgan fingerprint density at radius 1 is 1.29 bits per heavy atom. The highest BCUT2D eigenvalue weighted by Gasteiger charge is 2.30. The van der Waals surface area contributed by atoms with Crippen molar-refractivity contribution in [2.45, 2.75) is 19.5 Å². The SMILES string of the molecule is Cc1c(N)sc2c1C(N1CCNCC1)CNC2. The average Bonchev–Trinajstić information content (AvgIpc) is 2.66. The third-order valence-corrected chi connectivity index (χ3v) is 4.99. The molecule has 5 heteroatoms. The predicted molar refractivity (Wildman–Crippen MR) is 72.4 cm³/mol. The van der Waals surface area contributed by atoms with Crippen LogP contribution in [-0.2, 0) is 6.54 Å². The highest BCUT2D eigenvalue weighted by molar-refractivity contribution is 7.16. The van der Waals surface area contributed by atoms with E-state index in [1.165, 1.54) is 16.0 Å². The second kappa shape index (κ2) is 4.57. The second-order valence-corrected chi connectivity index (χ2v) is 6.00. The minimum atomic E-state index is 0.523. The van der Waals surface area contributed by atoms with Crippen LogP contribution in [0, 0.1) is 6.92 Å². The standard InChI is InChI=1S/C12H20N4S/c1-8-11-9(16-4-2-14-3-5-16)6-15-7-10(11)17-12(8)13/h9,14-15H,2-7,13H2,1H3. The third-order valence-electron chi connectivity index (χ3n) is 3.86. The number of fused-ring (bicyclic) bond motifs is 1. The van der Waals surface area contributed by atoms with Crippen molar-refractivity contribution in [2.24, 2.45) is 0 Å². The molecule has 1 aromatic heterocycles. The smallest absolute Gasteiger partial charge is 0.0892 e. The van der Waals surface area contributed by atoms with Crippen molar-refractivity contribution in [3.05, 3.63) is 16.0 Å². The number of nitrogens with two attached hydrogens (primary N) is 1. The zero-order valence-electron chi connectivity index (χ0n) is 10.3. The van der Waals surface area contributed by atoms with Gasteiger partial charge in [0.25, 0.3) is 0 Å². The van der Waals surface area contributed by atoms with Crippen LogP contribution in [0.5, 0.6) is 0 Å². The van der Waals surface area contributed by atoms with E-state index in [0.29, 0.717) is 6.04 Å². The molecule has 4 N–H and O–H groups in total. The van der Waals surface area contributed by atoms with E-state index >= 15 is 0 Å². The Labute approximate surface area is 106 Å². The maximum absolute atomic E-state index is 6.07. The largest absolute Gasteiger partial charge is 0.390 e. The molecule has 0 saturated carbocycles. The predicted octanol–water partition coefficient (Wildman–Crippen LogP) is 0.688. The van der Waals surface area contributed by atoms with Crippen LogP contribution >= 0.6 is 11.3 Å². The lowest BCUT2D eigenvalue weighted by atomic mass is 9.98. The fraction of sp³-hybridized carbons (Fsp3) is 0.667.